The Balaban J connectivity index is 1.52. The maximum atomic E-state index is 14.4. The number of likely N-dealkylation sites (tertiary alicyclic amines) is 1. The molecule has 0 radical (unpaired) electrons. The van der Waals surface area contributed by atoms with Gasteiger partial charge in [-0.1, -0.05) is 6.07 Å². The zero-order valence-corrected chi connectivity index (χ0v) is 16.2. The van der Waals surface area contributed by atoms with Crippen LogP contribution in [0.3, 0.4) is 0 Å². The summed E-state index contributed by atoms with van der Waals surface area (Å²) in [4.78, 5) is 22.0. The highest BCUT2D eigenvalue weighted by Crippen LogP contribution is 2.15. The minimum absolute atomic E-state index is 0.252. The lowest BCUT2D eigenvalue weighted by atomic mass is 10.2. The highest BCUT2D eigenvalue weighted by atomic mass is 19.1. The molecule has 7 nitrogen and oxygen atoms in total. The molecular weight excluding hydrogens is 359 g/mol. The van der Waals surface area contributed by atoms with E-state index in [9.17, 15) is 9.18 Å². The van der Waals surface area contributed by atoms with Crippen molar-refractivity contribution in [3.05, 3.63) is 48.3 Å². The monoisotopic (exact) mass is 386 g/mol. The first-order chi connectivity index (χ1) is 13.7. The highest BCUT2D eigenvalue weighted by Gasteiger charge is 2.18. The number of guanidine groups is 1. The quantitative estimate of drug-likeness (QED) is 0.414. The molecule has 2 heterocycles. The van der Waals surface area contributed by atoms with Gasteiger partial charge in [0, 0.05) is 45.0 Å². The van der Waals surface area contributed by atoms with E-state index in [1.165, 1.54) is 6.07 Å². The van der Waals surface area contributed by atoms with E-state index in [2.05, 4.69) is 20.6 Å². The van der Waals surface area contributed by atoms with E-state index in [0.29, 0.717) is 24.6 Å². The van der Waals surface area contributed by atoms with Gasteiger partial charge in [0.25, 0.3) is 0 Å². The fraction of sp³-hybridized carbons (Fsp3) is 0.450. The number of imidazole rings is 1. The van der Waals surface area contributed by atoms with Gasteiger partial charge < -0.3 is 20.1 Å². The van der Waals surface area contributed by atoms with Crippen LogP contribution in [0.1, 0.15) is 31.7 Å². The predicted molar refractivity (Wildman–Crippen MR) is 107 cm³/mol. The van der Waals surface area contributed by atoms with Gasteiger partial charge in [-0.3, -0.25) is 4.79 Å². The molecule has 3 rings (SSSR count). The SMILES string of the molecule is CCNC(=NCc1ccc(-n2ccnc2)c(F)c1)NCCCN1CCCC1=O. The maximum Gasteiger partial charge on any atom is 0.222 e. The number of nitrogens with zero attached hydrogens (tertiary/aromatic N) is 4. The minimum Gasteiger partial charge on any atom is -0.357 e. The third-order valence-corrected chi connectivity index (χ3v) is 4.63. The fourth-order valence-electron chi connectivity index (χ4n) is 3.19. The van der Waals surface area contributed by atoms with Gasteiger partial charge in [-0.2, -0.15) is 0 Å². The van der Waals surface area contributed by atoms with Crippen molar-refractivity contribution in [2.75, 3.05) is 26.2 Å². The smallest absolute Gasteiger partial charge is 0.222 e. The number of aromatic nitrogens is 2. The number of aliphatic imine (C=N–C) groups is 1. The van der Waals surface area contributed by atoms with Crippen molar-refractivity contribution in [3.63, 3.8) is 0 Å². The lowest BCUT2D eigenvalue weighted by Gasteiger charge is -2.16. The molecule has 0 spiro atoms. The molecule has 1 aliphatic rings. The van der Waals surface area contributed by atoms with Crippen LogP contribution in [-0.2, 0) is 11.3 Å². The van der Waals surface area contributed by atoms with E-state index in [-0.39, 0.29) is 11.7 Å². The first kappa shape index (κ1) is 19.9. The topological polar surface area (TPSA) is 74.6 Å². The molecule has 1 amide bonds. The molecule has 2 aromatic rings. The molecular formula is C20H27FN6O. The molecule has 2 N–H and O–H groups in total. The summed E-state index contributed by atoms with van der Waals surface area (Å²) in [5.74, 6) is 0.634. The summed E-state index contributed by atoms with van der Waals surface area (Å²) in [6.45, 7) is 5.48. The van der Waals surface area contributed by atoms with Crippen molar-refractivity contribution in [2.24, 2.45) is 4.99 Å². The first-order valence-electron chi connectivity index (χ1n) is 9.74. The molecule has 0 unspecified atom stereocenters. The number of hydrogen-bond donors (Lipinski definition) is 2. The molecule has 0 aliphatic carbocycles. The van der Waals surface area contributed by atoms with E-state index in [1.54, 1.807) is 29.4 Å². The summed E-state index contributed by atoms with van der Waals surface area (Å²) in [5, 5.41) is 6.46. The van der Waals surface area contributed by atoms with Gasteiger partial charge in [-0.25, -0.2) is 14.4 Å². The van der Waals surface area contributed by atoms with Crippen LogP contribution in [-0.4, -0.2) is 52.5 Å². The van der Waals surface area contributed by atoms with E-state index < -0.39 is 0 Å². The van der Waals surface area contributed by atoms with Crippen LogP contribution in [0.5, 0.6) is 0 Å². The Morgan fingerprint density at radius 3 is 2.93 bits per heavy atom. The second kappa shape index (κ2) is 9.87. The molecule has 8 heteroatoms. The summed E-state index contributed by atoms with van der Waals surface area (Å²) < 4.78 is 16.0. The number of halogens is 1. The van der Waals surface area contributed by atoms with Crippen molar-refractivity contribution in [3.8, 4) is 5.69 Å². The van der Waals surface area contributed by atoms with Crippen molar-refractivity contribution in [1.29, 1.82) is 0 Å². The molecule has 1 aromatic heterocycles. The number of carbonyl (C=O) groups excluding carboxylic acids is 1. The van der Waals surface area contributed by atoms with E-state index >= 15 is 0 Å². The summed E-state index contributed by atoms with van der Waals surface area (Å²) in [5.41, 5.74) is 1.26. The van der Waals surface area contributed by atoms with Gasteiger partial charge in [0.1, 0.15) is 5.82 Å². The van der Waals surface area contributed by atoms with Crippen LogP contribution in [0.4, 0.5) is 4.39 Å². The van der Waals surface area contributed by atoms with Crippen LogP contribution >= 0.6 is 0 Å². The number of benzene rings is 1. The largest absolute Gasteiger partial charge is 0.357 e. The van der Waals surface area contributed by atoms with Gasteiger partial charge in [0.2, 0.25) is 5.91 Å². The van der Waals surface area contributed by atoms with Crippen molar-refractivity contribution in [1.82, 2.24) is 25.1 Å². The Kier molecular flexibility index (Phi) is 7.00. The standard InChI is InChI=1S/C20H27FN6O/c1-2-23-20(24-8-4-11-26-10-3-5-19(26)28)25-14-16-6-7-18(17(21)13-16)27-12-9-22-15-27/h6-7,9,12-13,15H,2-5,8,10-11,14H2,1H3,(H2,23,24,25). The van der Waals surface area contributed by atoms with Gasteiger partial charge in [0.15, 0.2) is 5.96 Å². The molecule has 0 atom stereocenters. The van der Waals surface area contributed by atoms with Crippen LogP contribution in [0.25, 0.3) is 5.69 Å². The molecule has 1 aromatic carbocycles. The summed E-state index contributed by atoms with van der Waals surface area (Å²) in [6.07, 6.45) is 7.40. The Morgan fingerprint density at radius 1 is 1.36 bits per heavy atom. The normalized spacial score (nSPS) is 14.6. The lowest BCUT2D eigenvalue weighted by Crippen LogP contribution is -2.39. The molecule has 0 saturated carbocycles. The summed E-state index contributed by atoms with van der Waals surface area (Å²) >= 11 is 0. The molecule has 1 aliphatic heterocycles. The molecule has 1 saturated heterocycles. The Labute approximate surface area is 164 Å². The van der Waals surface area contributed by atoms with Crippen molar-refractivity contribution >= 4 is 11.9 Å². The Morgan fingerprint density at radius 2 is 2.25 bits per heavy atom. The molecule has 28 heavy (non-hydrogen) atoms. The third kappa shape index (κ3) is 5.31. The zero-order chi connectivity index (χ0) is 19.8. The first-order valence-corrected chi connectivity index (χ1v) is 9.74. The van der Waals surface area contributed by atoms with Crippen LogP contribution in [0, 0.1) is 5.82 Å². The molecule has 150 valence electrons. The number of amides is 1. The van der Waals surface area contributed by atoms with Crippen LogP contribution < -0.4 is 10.6 Å². The Hall–Kier alpha value is -2.90. The van der Waals surface area contributed by atoms with E-state index in [1.807, 2.05) is 17.9 Å². The zero-order valence-electron chi connectivity index (χ0n) is 16.2. The average Bonchev–Trinajstić information content (AvgIpc) is 3.35. The summed E-state index contributed by atoms with van der Waals surface area (Å²) in [6, 6.07) is 5.10. The average molecular weight is 386 g/mol. The van der Waals surface area contributed by atoms with Crippen molar-refractivity contribution < 1.29 is 9.18 Å². The van der Waals surface area contributed by atoms with E-state index in [4.69, 9.17) is 0 Å². The van der Waals surface area contributed by atoms with Gasteiger partial charge in [0.05, 0.1) is 18.6 Å². The minimum atomic E-state index is -0.307. The van der Waals surface area contributed by atoms with Gasteiger partial charge in [-0.05, 0) is 37.5 Å². The predicted octanol–water partition coefficient (Wildman–Crippen LogP) is 2.08. The number of rotatable bonds is 8. The molecule has 1 fully saturated rings. The van der Waals surface area contributed by atoms with Crippen LogP contribution in [0.2, 0.25) is 0 Å². The maximum absolute atomic E-state index is 14.4. The summed E-state index contributed by atoms with van der Waals surface area (Å²) in [7, 11) is 0. The number of carbonyl (C=O) groups is 1. The van der Waals surface area contributed by atoms with Crippen LogP contribution in [0.15, 0.2) is 41.9 Å². The fourth-order valence-corrected chi connectivity index (χ4v) is 3.19. The lowest BCUT2D eigenvalue weighted by molar-refractivity contribution is -0.127. The number of nitrogens with one attached hydrogen (secondary N) is 2. The second-order valence-electron chi connectivity index (χ2n) is 6.72. The highest BCUT2D eigenvalue weighted by molar-refractivity contribution is 5.79. The van der Waals surface area contributed by atoms with Gasteiger partial charge >= 0.3 is 0 Å². The van der Waals surface area contributed by atoms with Gasteiger partial charge in [-0.15, -0.1) is 0 Å². The number of hydrogen-bond acceptors (Lipinski definition) is 3. The second-order valence-corrected chi connectivity index (χ2v) is 6.72. The Bertz CT molecular complexity index is 805. The van der Waals surface area contributed by atoms with Crippen molar-refractivity contribution in [2.45, 2.75) is 32.7 Å². The van der Waals surface area contributed by atoms with E-state index in [0.717, 1.165) is 44.6 Å². The third-order valence-electron chi connectivity index (χ3n) is 4.63. The molecule has 0 bridgehead atoms.